The number of carbonyl (C=O) groups excluding carboxylic acids is 3. The molecule has 1 aliphatic rings. The van der Waals surface area contributed by atoms with Gasteiger partial charge in [-0.1, -0.05) is 71.8 Å². The molecule has 1 heterocycles. The van der Waals surface area contributed by atoms with Gasteiger partial charge >= 0.3 is 5.97 Å². The molecule has 4 rings (SSSR count). The summed E-state index contributed by atoms with van der Waals surface area (Å²) in [4.78, 5) is 47.1. The summed E-state index contributed by atoms with van der Waals surface area (Å²) in [6.07, 6.45) is 1.21. The number of nitrogens with zero attached hydrogens (tertiary/aromatic N) is 2. The van der Waals surface area contributed by atoms with Gasteiger partial charge in [-0.15, -0.1) is 0 Å². The Hall–Kier alpha value is -4.27. The number of hydrazine groups is 1. The van der Waals surface area contributed by atoms with Gasteiger partial charge < -0.3 is 10.2 Å². The van der Waals surface area contributed by atoms with Gasteiger partial charge in [-0.3, -0.25) is 9.59 Å². The van der Waals surface area contributed by atoms with Gasteiger partial charge in [0, 0.05) is 23.2 Å². The van der Waals surface area contributed by atoms with Gasteiger partial charge in [-0.05, 0) is 35.9 Å². The number of carbonyl (C=O) groups is 3. The largest absolute Gasteiger partial charge is 0.376 e. The van der Waals surface area contributed by atoms with Crippen LogP contribution in [0.5, 0.6) is 0 Å². The first-order chi connectivity index (χ1) is 16.5. The predicted octanol–water partition coefficient (Wildman–Crippen LogP) is 3.60. The standard InChI is InChI=1S/C25H19ClN4O4/c26-20-14-8-7-11-18(20)16-27-24(32)21(28-23(31)17-9-3-1-4-10-17)15-22-25(33)34-29-30(22)19-12-5-2-6-13-19/h1-15,29H,16H2,(H,27,32)/b22-15+,28-21?. The fourth-order valence-electron chi connectivity index (χ4n) is 3.11. The van der Waals surface area contributed by atoms with E-state index in [9.17, 15) is 14.4 Å². The van der Waals surface area contributed by atoms with E-state index in [1.807, 2.05) is 6.07 Å². The monoisotopic (exact) mass is 474 g/mol. The number of halogens is 1. The molecule has 0 atom stereocenters. The third-order valence-electron chi connectivity index (χ3n) is 4.84. The second kappa shape index (κ2) is 10.6. The number of benzene rings is 3. The number of anilines is 1. The minimum absolute atomic E-state index is 0.0151. The normalized spacial score (nSPS) is 14.7. The predicted molar refractivity (Wildman–Crippen MR) is 128 cm³/mol. The van der Waals surface area contributed by atoms with Crippen molar-refractivity contribution in [3.63, 3.8) is 0 Å². The van der Waals surface area contributed by atoms with Crippen molar-refractivity contribution in [2.24, 2.45) is 4.99 Å². The van der Waals surface area contributed by atoms with Gasteiger partial charge in [-0.25, -0.2) is 14.8 Å². The number of rotatable bonds is 6. The molecule has 9 heteroatoms. The molecule has 0 aliphatic carbocycles. The number of hydrogen-bond donors (Lipinski definition) is 2. The summed E-state index contributed by atoms with van der Waals surface area (Å²) < 4.78 is 0. The van der Waals surface area contributed by atoms with Crippen LogP contribution in [0.15, 0.2) is 102 Å². The fraction of sp³-hybridized carbons (Fsp3) is 0.0400. The summed E-state index contributed by atoms with van der Waals surface area (Å²) in [6, 6.07) is 24.2. The molecule has 170 valence electrons. The van der Waals surface area contributed by atoms with Gasteiger partial charge in [-0.2, -0.15) is 0 Å². The Balaban J connectivity index is 1.67. The summed E-state index contributed by atoms with van der Waals surface area (Å²) >= 11 is 6.17. The average Bonchev–Trinajstić information content (AvgIpc) is 3.23. The first-order valence-electron chi connectivity index (χ1n) is 10.3. The van der Waals surface area contributed by atoms with Crippen molar-refractivity contribution < 1.29 is 19.2 Å². The van der Waals surface area contributed by atoms with E-state index in [2.05, 4.69) is 15.9 Å². The van der Waals surface area contributed by atoms with Gasteiger partial charge in [0.25, 0.3) is 11.8 Å². The maximum absolute atomic E-state index is 13.1. The zero-order valence-corrected chi connectivity index (χ0v) is 18.5. The minimum atomic E-state index is -0.734. The minimum Gasteiger partial charge on any atom is -0.347 e. The van der Waals surface area contributed by atoms with Crippen molar-refractivity contribution in [1.82, 2.24) is 10.9 Å². The van der Waals surface area contributed by atoms with Crippen molar-refractivity contribution in [1.29, 1.82) is 0 Å². The van der Waals surface area contributed by atoms with Gasteiger partial charge in [0.1, 0.15) is 5.71 Å². The van der Waals surface area contributed by atoms with Crippen LogP contribution in [-0.4, -0.2) is 23.5 Å². The molecule has 1 saturated heterocycles. The van der Waals surface area contributed by atoms with E-state index in [4.69, 9.17) is 16.4 Å². The molecule has 34 heavy (non-hydrogen) atoms. The maximum atomic E-state index is 13.1. The molecular weight excluding hydrogens is 456 g/mol. The number of hydrogen-bond acceptors (Lipinski definition) is 6. The lowest BCUT2D eigenvalue weighted by Gasteiger charge is -2.15. The molecule has 0 bridgehead atoms. The molecule has 8 nitrogen and oxygen atoms in total. The first-order valence-corrected chi connectivity index (χ1v) is 10.6. The molecule has 3 aromatic carbocycles. The number of nitrogens with one attached hydrogen (secondary N) is 2. The van der Waals surface area contributed by atoms with E-state index in [-0.39, 0.29) is 18.0 Å². The van der Waals surface area contributed by atoms with Crippen LogP contribution in [0.2, 0.25) is 5.02 Å². The van der Waals surface area contributed by atoms with Gasteiger partial charge in [0.2, 0.25) is 0 Å². The fourth-order valence-corrected chi connectivity index (χ4v) is 3.32. The van der Waals surface area contributed by atoms with Crippen molar-refractivity contribution in [3.8, 4) is 0 Å². The first kappa shape index (κ1) is 22.9. The molecule has 0 radical (unpaired) electrons. The van der Waals surface area contributed by atoms with Gasteiger partial charge in [0.05, 0.1) is 5.69 Å². The lowest BCUT2D eigenvalue weighted by Crippen LogP contribution is -2.33. The Labute approximate surface area is 200 Å². The maximum Gasteiger partial charge on any atom is 0.376 e. The second-order valence-corrected chi connectivity index (χ2v) is 7.53. The van der Waals surface area contributed by atoms with E-state index in [1.54, 1.807) is 78.9 Å². The highest BCUT2D eigenvalue weighted by atomic mass is 35.5. The van der Waals surface area contributed by atoms with E-state index in [0.29, 0.717) is 21.8 Å². The quantitative estimate of drug-likeness (QED) is 0.418. The van der Waals surface area contributed by atoms with E-state index >= 15 is 0 Å². The Morgan fingerprint density at radius 3 is 2.32 bits per heavy atom. The topological polar surface area (TPSA) is 100 Å². The summed E-state index contributed by atoms with van der Waals surface area (Å²) in [5, 5.41) is 4.54. The zero-order chi connectivity index (χ0) is 23.9. The van der Waals surface area contributed by atoms with E-state index in [0.717, 1.165) is 0 Å². The summed E-state index contributed by atoms with van der Waals surface area (Å²) in [6.45, 7) is 0.103. The number of para-hydroxylation sites is 1. The van der Waals surface area contributed by atoms with E-state index in [1.165, 1.54) is 11.1 Å². The lowest BCUT2D eigenvalue weighted by atomic mass is 10.2. The Kier molecular flexibility index (Phi) is 7.12. The molecule has 1 fully saturated rings. The van der Waals surface area contributed by atoms with Crippen LogP contribution in [0.3, 0.4) is 0 Å². The average molecular weight is 475 g/mol. The van der Waals surface area contributed by atoms with Crippen LogP contribution in [0, 0.1) is 0 Å². The summed E-state index contributed by atoms with van der Waals surface area (Å²) in [7, 11) is 0. The van der Waals surface area contributed by atoms with Crippen molar-refractivity contribution in [2.75, 3.05) is 5.01 Å². The molecule has 1 aliphatic heterocycles. The molecule has 0 aromatic heterocycles. The van der Waals surface area contributed by atoms with Crippen LogP contribution >= 0.6 is 11.6 Å². The second-order valence-electron chi connectivity index (χ2n) is 7.12. The highest BCUT2D eigenvalue weighted by molar-refractivity contribution is 6.45. The molecule has 0 spiro atoms. The zero-order valence-electron chi connectivity index (χ0n) is 17.8. The van der Waals surface area contributed by atoms with Crippen LogP contribution in [0.1, 0.15) is 15.9 Å². The molecular formula is C25H19ClN4O4. The number of aliphatic imine (C=N–C) groups is 1. The van der Waals surface area contributed by atoms with Crippen molar-refractivity contribution >= 4 is 40.8 Å². The van der Waals surface area contributed by atoms with Crippen LogP contribution in [0.4, 0.5) is 5.69 Å². The molecule has 2 N–H and O–H groups in total. The Bertz CT molecular complexity index is 1280. The highest BCUT2D eigenvalue weighted by Crippen LogP contribution is 2.21. The van der Waals surface area contributed by atoms with Crippen molar-refractivity contribution in [3.05, 3.63) is 113 Å². The lowest BCUT2D eigenvalue weighted by molar-refractivity contribution is -0.140. The third kappa shape index (κ3) is 5.37. The molecule has 0 unspecified atom stereocenters. The Morgan fingerprint density at radius 1 is 0.971 bits per heavy atom. The van der Waals surface area contributed by atoms with Crippen LogP contribution < -0.4 is 15.9 Å². The molecule has 3 aromatic rings. The van der Waals surface area contributed by atoms with Crippen molar-refractivity contribution in [2.45, 2.75) is 6.54 Å². The Morgan fingerprint density at radius 2 is 1.62 bits per heavy atom. The highest BCUT2D eigenvalue weighted by Gasteiger charge is 2.30. The van der Waals surface area contributed by atoms with Crippen LogP contribution in [0.25, 0.3) is 0 Å². The summed E-state index contributed by atoms with van der Waals surface area (Å²) in [5.74, 6) is -2.03. The number of amides is 2. The van der Waals surface area contributed by atoms with Crippen LogP contribution in [-0.2, 0) is 21.0 Å². The summed E-state index contributed by atoms with van der Waals surface area (Å²) in [5.41, 5.74) is 3.78. The molecule has 2 amide bonds. The van der Waals surface area contributed by atoms with E-state index < -0.39 is 17.8 Å². The third-order valence-corrected chi connectivity index (χ3v) is 5.21. The van der Waals surface area contributed by atoms with Gasteiger partial charge in [0.15, 0.2) is 5.70 Å². The molecule has 0 saturated carbocycles. The SMILES string of the molecule is O=C(NCc1ccccc1Cl)C(/C=C1\C(=O)ONN1c1ccccc1)=NC(=O)c1ccccc1. The smallest absolute Gasteiger partial charge is 0.347 e.